The van der Waals surface area contributed by atoms with Crippen molar-refractivity contribution in [1.82, 2.24) is 24.6 Å². The zero-order chi connectivity index (χ0) is 21.4. The third-order valence-electron chi connectivity index (χ3n) is 5.11. The van der Waals surface area contributed by atoms with Gasteiger partial charge in [-0.15, -0.1) is 0 Å². The number of aryl methyl sites for hydroxylation is 3. The van der Waals surface area contributed by atoms with Gasteiger partial charge in [0.15, 0.2) is 5.82 Å². The third kappa shape index (κ3) is 3.74. The lowest BCUT2D eigenvalue weighted by atomic mass is 10.1. The van der Waals surface area contributed by atoms with Crippen LogP contribution >= 0.6 is 0 Å². The SMILES string of the molecule is Cc1cc(C)n(-c2cc(N3CCN(C(=O)c4c(F)cccc4F)CC3)nc(C)n2)n1. The van der Waals surface area contributed by atoms with E-state index in [0.717, 1.165) is 29.3 Å². The fraction of sp³-hybridized carbons (Fsp3) is 0.333. The van der Waals surface area contributed by atoms with Crippen LogP contribution in [-0.4, -0.2) is 56.7 Å². The summed E-state index contributed by atoms with van der Waals surface area (Å²) in [5, 5.41) is 4.48. The third-order valence-corrected chi connectivity index (χ3v) is 5.11. The summed E-state index contributed by atoms with van der Waals surface area (Å²) in [6, 6.07) is 7.27. The Morgan fingerprint density at radius 1 is 0.933 bits per heavy atom. The Bertz CT molecular complexity index is 1080. The minimum absolute atomic E-state index is 0.338. The molecule has 1 amide bonds. The van der Waals surface area contributed by atoms with Crippen molar-refractivity contribution in [3.8, 4) is 5.82 Å². The number of nitrogens with zero attached hydrogens (tertiary/aromatic N) is 6. The van der Waals surface area contributed by atoms with E-state index in [1.807, 2.05) is 37.8 Å². The van der Waals surface area contributed by atoms with Gasteiger partial charge in [-0.3, -0.25) is 4.79 Å². The molecule has 1 aromatic carbocycles. The molecule has 0 bridgehead atoms. The Labute approximate surface area is 173 Å². The first-order valence-corrected chi connectivity index (χ1v) is 9.71. The van der Waals surface area contributed by atoms with Gasteiger partial charge in [0.05, 0.1) is 5.69 Å². The van der Waals surface area contributed by atoms with Crippen LogP contribution < -0.4 is 4.90 Å². The Hall–Kier alpha value is -3.36. The monoisotopic (exact) mass is 412 g/mol. The van der Waals surface area contributed by atoms with Crippen LogP contribution in [0.15, 0.2) is 30.3 Å². The van der Waals surface area contributed by atoms with E-state index in [4.69, 9.17) is 0 Å². The van der Waals surface area contributed by atoms with Crippen LogP contribution in [0.5, 0.6) is 0 Å². The average Bonchev–Trinajstić information content (AvgIpc) is 3.05. The summed E-state index contributed by atoms with van der Waals surface area (Å²) in [4.78, 5) is 25.1. The first kappa shape index (κ1) is 19.9. The number of anilines is 1. The molecule has 7 nitrogen and oxygen atoms in total. The molecule has 0 aliphatic carbocycles. The smallest absolute Gasteiger partial charge is 0.259 e. The molecule has 1 fully saturated rings. The highest BCUT2D eigenvalue weighted by atomic mass is 19.1. The predicted octanol–water partition coefficient (Wildman–Crippen LogP) is 2.83. The summed E-state index contributed by atoms with van der Waals surface area (Å²) in [5.74, 6) is -0.301. The number of carbonyl (C=O) groups excluding carboxylic acids is 1. The van der Waals surface area contributed by atoms with Gasteiger partial charge in [0.1, 0.15) is 28.8 Å². The summed E-state index contributed by atoms with van der Waals surface area (Å²) >= 11 is 0. The van der Waals surface area contributed by atoms with Gasteiger partial charge >= 0.3 is 0 Å². The highest BCUT2D eigenvalue weighted by Gasteiger charge is 2.27. The molecule has 1 aliphatic heterocycles. The minimum Gasteiger partial charge on any atom is -0.353 e. The molecule has 0 N–H and O–H groups in total. The van der Waals surface area contributed by atoms with Crippen LogP contribution in [0.25, 0.3) is 5.82 Å². The van der Waals surface area contributed by atoms with Gasteiger partial charge in [0, 0.05) is 37.9 Å². The minimum atomic E-state index is -0.844. The first-order chi connectivity index (χ1) is 14.3. The Kier molecular flexibility index (Phi) is 5.19. The number of hydrogen-bond acceptors (Lipinski definition) is 5. The molecule has 3 heterocycles. The maximum atomic E-state index is 14.0. The Morgan fingerprint density at radius 2 is 1.57 bits per heavy atom. The van der Waals surface area contributed by atoms with Gasteiger partial charge in [-0.2, -0.15) is 5.10 Å². The molecule has 3 aromatic rings. The molecule has 1 saturated heterocycles. The van der Waals surface area contributed by atoms with E-state index in [1.165, 1.54) is 11.0 Å². The van der Waals surface area contributed by atoms with Crippen LogP contribution in [0.1, 0.15) is 27.6 Å². The second-order valence-electron chi connectivity index (χ2n) is 7.35. The van der Waals surface area contributed by atoms with Gasteiger partial charge in [0.2, 0.25) is 0 Å². The maximum absolute atomic E-state index is 14.0. The maximum Gasteiger partial charge on any atom is 0.259 e. The van der Waals surface area contributed by atoms with Gasteiger partial charge < -0.3 is 9.80 Å². The predicted molar refractivity (Wildman–Crippen MR) is 108 cm³/mol. The van der Waals surface area contributed by atoms with Crippen molar-refractivity contribution < 1.29 is 13.6 Å². The number of halogens is 2. The standard InChI is InChI=1S/C21H22F2N6O/c1-13-11-14(2)29(26-13)19-12-18(24-15(3)25-19)27-7-9-28(10-8-27)21(30)20-16(22)5-4-6-17(20)23/h4-6,11-12H,7-10H2,1-3H3. The molecule has 4 rings (SSSR count). The van der Waals surface area contributed by atoms with Crippen LogP contribution in [0.3, 0.4) is 0 Å². The van der Waals surface area contributed by atoms with Crippen LogP contribution in [0.2, 0.25) is 0 Å². The molecule has 0 unspecified atom stereocenters. The molecule has 0 atom stereocenters. The number of aromatic nitrogens is 4. The quantitative estimate of drug-likeness (QED) is 0.662. The summed E-state index contributed by atoms with van der Waals surface area (Å²) in [5.41, 5.74) is 1.37. The van der Waals surface area contributed by atoms with Gasteiger partial charge in [-0.05, 0) is 39.0 Å². The van der Waals surface area contributed by atoms with Crippen molar-refractivity contribution in [2.45, 2.75) is 20.8 Å². The first-order valence-electron chi connectivity index (χ1n) is 9.71. The summed E-state index contributed by atoms with van der Waals surface area (Å²) in [7, 11) is 0. The van der Waals surface area contributed by atoms with Crippen LogP contribution in [-0.2, 0) is 0 Å². The zero-order valence-electron chi connectivity index (χ0n) is 17.1. The van der Waals surface area contributed by atoms with Crippen molar-refractivity contribution in [3.63, 3.8) is 0 Å². The number of rotatable bonds is 3. The second-order valence-corrected chi connectivity index (χ2v) is 7.35. The van der Waals surface area contributed by atoms with E-state index in [2.05, 4.69) is 15.1 Å². The highest BCUT2D eigenvalue weighted by molar-refractivity contribution is 5.95. The summed E-state index contributed by atoms with van der Waals surface area (Å²) < 4.78 is 29.7. The van der Waals surface area contributed by atoms with Gasteiger partial charge in [-0.1, -0.05) is 6.07 Å². The molecule has 9 heteroatoms. The average molecular weight is 412 g/mol. The molecule has 0 spiro atoms. The van der Waals surface area contributed by atoms with E-state index in [-0.39, 0.29) is 0 Å². The molecular weight excluding hydrogens is 390 g/mol. The Morgan fingerprint density at radius 3 is 2.17 bits per heavy atom. The Balaban J connectivity index is 1.52. The van der Waals surface area contributed by atoms with Crippen molar-refractivity contribution in [3.05, 3.63) is 64.7 Å². The fourth-order valence-electron chi connectivity index (χ4n) is 3.67. The lowest BCUT2D eigenvalue weighted by Crippen LogP contribution is -2.49. The zero-order valence-corrected chi connectivity index (χ0v) is 17.1. The second kappa shape index (κ2) is 7.81. The van der Waals surface area contributed by atoms with Gasteiger partial charge in [0.25, 0.3) is 5.91 Å². The van der Waals surface area contributed by atoms with Crippen molar-refractivity contribution in [2.24, 2.45) is 0 Å². The largest absolute Gasteiger partial charge is 0.353 e. The van der Waals surface area contributed by atoms with Crippen molar-refractivity contribution in [1.29, 1.82) is 0 Å². The van der Waals surface area contributed by atoms with Crippen LogP contribution in [0, 0.1) is 32.4 Å². The van der Waals surface area contributed by atoms with Crippen LogP contribution in [0.4, 0.5) is 14.6 Å². The molecule has 30 heavy (non-hydrogen) atoms. The topological polar surface area (TPSA) is 67.2 Å². The molecule has 156 valence electrons. The molecule has 1 aliphatic rings. The van der Waals surface area contributed by atoms with E-state index < -0.39 is 23.1 Å². The number of benzene rings is 1. The molecule has 2 aromatic heterocycles. The van der Waals surface area contributed by atoms with Gasteiger partial charge in [-0.25, -0.2) is 23.4 Å². The molecule has 0 saturated carbocycles. The summed E-state index contributed by atoms with van der Waals surface area (Å²) in [6.45, 7) is 7.37. The number of piperazine rings is 1. The fourth-order valence-corrected chi connectivity index (χ4v) is 3.67. The lowest BCUT2D eigenvalue weighted by molar-refractivity contribution is 0.0736. The number of hydrogen-bond donors (Lipinski definition) is 0. The van der Waals surface area contributed by atoms with Crippen molar-refractivity contribution in [2.75, 3.05) is 31.1 Å². The number of amides is 1. The normalized spacial score (nSPS) is 14.3. The van der Waals surface area contributed by atoms with E-state index in [0.29, 0.717) is 37.8 Å². The van der Waals surface area contributed by atoms with E-state index in [1.54, 1.807) is 4.68 Å². The lowest BCUT2D eigenvalue weighted by Gasteiger charge is -2.35. The van der Waals surface area contributed by atoms with Crippen molar-refractivity contribution >= 4 is 11.7 Å². The highest BCUT2D eigenvalue weighted by Crippen LogP contribution is 2.21. The molecular formula is C21H22F2N6O. The van der Waals surface area contributed by atoms with E-state index >= 15 is 0 Å². The molecule has 0 radical (unpaired) electrons. The number of carbonyl (C=O) groups is 1. The summed E-state index contributed by atoms with van der Waals surface area (Å²) in [6.07, 6.45) is 0. The van der Waals surface area contributed by atoms with E-state index in [9.17, 15) is 13.6 Å².